The predicted octanol–water partition coefficient (Wildman–Crippen LogP) is 10.1. The monoisotopic (exact) mass is 1070 g/mol. The molecule has 1 amide bonds. The molecule has 0 bridgehead atoms. The molecule has 2 aliphatic rings. The van der Waals surface area contributed by atoms with E-state index >= 15 is 0 Å². The number of rotatable bonds is 46. The summed E-state index contributed by atoms with van der Waals surface area (Å²) in [5, 5.41) is 87.2. The molecule has 9 N–H and O–H groups in total. The van der Waals surface area contributed by atoms with Crippen LogP contribution in [0.4, 0.5) is 0 Å². The molecular weight excluding hydrogens is 967 g/mol. The summed E-state index contributed by atoms with van der Waals surface area (Å²) >= 11 is 0. The SMILES string of the molecule is CC/C=C\C/C=C\C/C=C\C/C=C\C/C=C\C/C=C\C/C=C\CCCCCCCCCC(=O)NC(COC1OC(CO)C(OC2OC(CO)C(O)C(O)C2O)C(O)C1O)C(O)CCCCCCCCCCCCCCC. The van der Waals surface area contributed by atoms with Crippen molar-refractivity contribution in [1.82, 2.24) is 5.32 Å². The highest BCUT2D eigenvalue weighted by Gasteiger charge is 2.51. The highest BCUT2D eigenvalue weighted by molar-refractivity contribution is 5.76. The van der Waals surface area contributed by atoms with Crippen molar-refractivity contribution in [3.63, 3.8) is 0 Å². The zero-order valence-electron chi connectivity index (χ0n) is 47.0. The molecule has 0 radical (unpaired) electrons. The molecular formula is C62H107NO13. The Labute approximate surface area is 459 Å². The van der Waals surface area contributed by atoms with E-state index in [1.807, 2.05) is 0 Å². The summed E-state index contributed by atoms with van der Waals surface area (Å²) in [6, 6.07) is -0.840. The third kappa shape index (κ3) is 32.3. The molecule has 76 heavy (non-hydrogen) atoms. The molecule has 0 aromatic rings. The Bertz CT molecular complexity index is 1600. The van der Waals surface area contributed by atoms with Gasteiger partial charge in [-0.15, -0.1) is 0 Å². The van der Waals surface area contributed by atoms with Crippen LogP contribution in [0, 0.1) is 0 Å². The molecule has 0 aromatic heterocycles. The van der Waals surface area contributed by atoms with E-state index in [-0.39, 0.29) is 18.9 Å². The Hall–Kier alpha value is -2.83. The number of ether oxygens (including phenoxy) is 4. The van der Waals surface area contributed by atoms with Crippen molar-refractivity contribution < 1.29 is 64.6 Å². The molecule has 2 heterocycles. The van der Waals surface area contributed by atoms with Crippen LogP contribution in [0.25, 0.3) is 0 Å². The summed E-state index contributed by atoms with van der Waals surface area (Å²) in [5.41, 5.74) is 0. The number of unbranched alkanes of at least 4 members (excludes halogenated alkanes) is 19. The Morgan fingerprint density at radius 2 is 0.908 bits per heavy atom. The molecule has 0 spiro atoms. The van der Waals surface area contributed by atoms with Crippen LogP contribution in [-0.2, 0) is 23.7 Å². The number of amides is 1. The molecule has 2 saturated heterocycles. The molecule has 0 aromatic carbocycles. The van der Waals surface area contributed by atoms with Crippen molar-refractivity contribution in [3.8, 4) is 0 Å². The molecule has 2 fully saturated rings. The number of aliphatic hydroxyl groups excluding tert-OH is 8. The van der Waals surface area contributed by atoms with Gasteiger partial charge in [0.1, 0.15) is 48.8 Å². The number of allylic oxidation sites excluding steroid dienone is 14. The molecule has 2 aliphatic heterocycles. The average Bonchev–Trinajstić information content (AvgIpc) is 3.42. The second kappa shape index (κ2) is 47.0. The van der Waals surface area contributed by atoms with Gasteiger partial charge < -0.3 is 65.1 Å². The maximum Gasteiger partial charge on any atom is 0.220 e. The Morgan fingerprint density at radius 1 is 0.487 bits per heavy atom. The molecule has 12 unspecified atom stereocenters. The number of aliphatic hydroxyl groups is 8. The molecule has 12 atom stereocenters. The van der Waals surface area contributed by atoms with Crippen molar-refractivity contribution in [2.24, 2.45) is 0 Å². The second-order valence-corrected chi connectivity index (χ2v) is 20.7. The predicted molar refractivity (Wildman–Crippen MR) is 304 cm³/mol. The summed E-state index contributed by atoms with van der Waals surface area (Å²) in [6.45, 7) is 2.72. The molecule has 14 heteroatoms. The topological polar surface area (TPSA) is 228 Å². The van der Waals surface area contributed by atoms with Gasteiger partial charge in [0.25, 0.3) is 0 Å². The number of carbonyl (C=O) groups is 1. The lowest BCUT2D eigenvalue weighted by Crippen LogP contribution is -2.65. The van der Waals surface area contributed by atoms with Crippen LogP contribution in [0.2, 0.25) is 0 Å². The molecule has 0 aliphatic carbocycles. The van der Waals surface area contributed by atoms with Crippen LogP contribution in [-0.4, -0.2) is 140 Å². The zero-order valence-corrected chi connectivity index (χ0v) is 47.0. The lowest BCUT2D eigenvalue weighted by molar-refractivity contribution is -0.359. The van der Waals surface area contributed by atoms with E-state index in [4.69, 9.17) is 18.9 Å². The van der Waals surface area contributed by atoms with Crippen LogP contribution in [0.5, 0.6) is 0 Å². The van der Waals surface area contributed by atoms with Crippen molar-refractivity contribution in [2.45, 2.75) is 280 Å². The molecule has 14 nitrogen and oxygen atoms in total. The Kier molecular flexibility index (Phi) is 42.9. The van der Waals surface area contributed by atoms with Crippen LogP contribution in [0.3, 0.4) is 0 Å². The average molecular weight is 1070 g/mol. The maximum atomic E-state index is 13.3. The van der Waals surface area contributed by atoms with Gasteiger partial charge in [0.2, 0.25) is 5.91 Å². The van der Waals surface area contributed by atoms with E-state index in [2.05, 4.69) is 104 Å². The Morgan fingerprint density at radius 3 is 1.39 bits per heavy atom. The van der Waals surface area contributed by atoms with E-state index in [1.165, 1.54) is 64.2 Å². The molecule has 0 saturated carbocycles. The number of carbonyl (C=O) groups excluding carboxylic acids is 1. The van der Waals surface area contributed by atoms with Crippen LogP contribution in [0.1, 0.15) is 206 Å². The first-order valence-electron chi connectivity index (χ1n) is 29.8. The van der Waals surface area contributed by atoms with Crippen LogP contribution < -0.4 is 5.32 Å². The first kappa shape index (κ1) is 69.3. The van der Waals surface area contributed by atoms with Gasteiger partial charge in [-0.25, -0.2) is 0 Å². The largest absolute Gasteiger partial charge is 0.394 e. The van der Waals surface area contributed by atoms with E-state index in [0.29, 0.717) is 12.8 Å². The minimum atomic E-state index is -1.79. The highest BCUT2D eigenvalue weighted by atomic mass is 16.7. The van der Waals surface area contributed by atoms with Gasteiger partial charge in [0.15, 0.2) is 12.6 Å². The number of hydrogen-bond acceptors (Lipinski definition) is 13. The van der Waals surface area contributed by atoms with Gasteiger partial charge in [-0.3, -0.25) is 4.79 Å². The van der Waals surface area contributed by atoms with Crippen molar-refractivity contribution in [2.75, 3.05) is 19.8 Å². The van der Waals surface area contributed by atoms with Crippen LogP contribution >= 0.6 is 0 Å². The second-order valence-electron chi connectivity index (χ2n) is 20.7. The molecule has 2 rings (SSSR count). The smallest absolute Gasteiger partial charge is 0.220 e. The summed E-state index contributed by atoms with van der Waals surface area (Å²) in [6.07, 6.45) is 45.8. The number of hydrogen-bond donors (Lipinski definition) is 9. The fourth-order valence-corrected chi connectivity index (χ4v) is 9.33. The van der Waals surface area contributed by atoms with Gasteiger partial charge >= 0.3 is 0 Å². The van der Waals surface area contributed by atoms with Gasteiger partial charge in [-0.05, 0) is 70.6 Å². The summed E-state index contributed by atoms with van der Waals surface area (Å²) < 4.78 is 22.8. The van der Waals surface area contributed by atoms with E-state index in [9.17, 15) is 45.6 Å². The molecule has 438 valence electrons. The summed E-state index contributed by atoms with van der Waals surface area (Å²) in [4.78, 5) is 13.3. The first-order valence-corrected chi connectivity index (χ1v) is 29.8. The zero-order chi connectivity index (χ0) is 55.3. The van der Waals surface area contributed by atoms with E-state index < -0.39 is 86.8 Å². The van der Waals surface area contributed by atoms with Crippen LogP contribution in [0.15, 0.2) is 85.1 Å². The minimum Gasteiger partial charge on any atom is -0.394 e. The van der Waals surface area contributed by atoms with Gasteiger partial charge in [-0.2, -0.15) is 0 Å². The first-order chi connectivity index (χ1) is 37.1. The Balaban J connectivity index is 1.72. The fourth-order valence-electron chi connectivity index (χ4n) is 9.33. The van der Waals surface area contributed by atoms with Gasteiger partial charge in [0, 0.05) is 6.42 Å². The van der Waals surface area contributed by atoms with Gasteiger partial charge in [0.05, 0.1) is 32.0 Å². The third-order valence-corrected chi connectivity index (χ3v) is 14.1. The van der Waals surface area contributed by atoms with Crippen molar-refractivity contribution in [3.05, 3.63) is 85.1 Å². The quantitative estimate of drug-likeness (QED) is 0.0205. The normalized spacial score (nSPS) is 25.5. The lowest BCUT2D eigenvalue weighted by Gasteiger charge is -2.46. The van der Waals surface area contributed by atoms with Crippen molar-refractivity contribution >= 4 is 5.91 Å². The summed E-state index contributed by atoms with van der Waals surface area (Å²) in [5.74, 6) is -0.222. The number of nitrogens with one attached hydrogen (secondary N) is 1. The van der Waals surface area contributed by atoms with Gasteiger partial charge in [-0.1, -0.05) is 214 Å². The highest BCUT2D eigenvalue weighted by Crippen LogP contribution is 2.30. The lowest BCUT2D eigenvalue weighted by atomic mass is 9.97. The summed E-state index contributed by atoms with van der Waals surface area (Å²) in [7, 11) is 0. The van der Waals surface area contributed by atoms with E-state index in [1.54, 1.807) is 0 Å². The standard InChI is InChI=1S/C62H107NO13/c1-3-5-7-9-11-13-15-17-18-19-20-21-22-23-24-25-26-27-28-29-30-31-32-34-36-38-40-42-44-46-54(67)63-50(51(66)45-43-41-39-37-35-33-16-14-12-10-8-6-4-2)49-73-61-59(72)57(70)60(53(48-65)75-61)76-62-58(71)56(69)55(68)52(47-64)74-62/h5,7,11,13,17-18,20-21,23-24,26-27,29-30,50-53,55-62,64-66,68-72H,3-4,6,8-10,12,14-16,19,22,25,28,31-49H2,1-2H3,(H,63,67)/b7-5-,13-11-,18-17-,21-20-,24-23-,27-26-,30-29-. The third-order valence-electron chi connectivity index (χ3n) is 14.1. The fraction of sp³-hybridized carbons (Fsp3) is 0.758. The van der Waals surface area contributed by atoms with E-state index in [0.717, 1.165) is 109 Å². The van der Waals surface area contributed by atoms with Crippen molar-refractivity contribution in [1.29, 1.82) is 0 Å². The maximum absolute atomic E-state index is 13.3. The minimum absolute atomic E-state index is 0.222.